The molecule has 1 atom stereocenters. The maximum Gasteiger partial charge on any atom is 0.412 e. The molecule has 0 aromatic heterocycles. The maximum atomic E-state index is 13.2. The van der Waals surface area contributed by atoms with Gasteiger partial charge in [-0.1, -0.05) is 39.7 Å². The molecule has 0 aliphatic rings. The molecule has 0 aliphatic heterocycles. The van der Waals surface area contributed by atoms with Crippen LogP contribution in [0.2, 0.25) is 0 Å². The van der Waals surface area contributed by atoms with Crippen LogP contribution in [0.3, 0.4) is 0 Å². The third-order valence-electron chi connectivity index (χ3n) is 3.66. The van der Waals surface area contributed by atoms with Gasteiger partial charge in [-0.25, -0.2) is 0 Å². The number of allylic oxidation sites excluding steroid dienone is 2. The van der Waals surface area contributed by atoms with E-state index in [1.807, 2.05) is 0 Å². The predicted molar refractivity (Wildman–Crippen MR) is 62.7 cm³/mol. The van der Waals surface area contributed by atoms with Crippen LogP contribution in [-0.4, -0.2) is 12.4 Å². The standard InChI is InChI=1S/C13H20F6/c1-5-9(6-2)11(4,13(17,18)19)8-10(7-3)12(14,15)16/h8-9H,5-7H2,1-4H3/b10-8+/t11-/m0/s1. The topological polar surface area (TPSA) is 0 Å². The summed E-state index contributed by atoms with van der Waals surface area (Å²) in [5.41, 5.74) is -3.56. The zero-order chi connectivity index (χ0) is 15.5. The minimum absolute atomic E-state index is 0.178. The normalized spacial score (nSPS) is 17.7. The molecule has 0 saturated carbocycles. The smallest absolute Gasteiger partial charge is 0.170 e. The fourth-order valence-corrected chi connectivity index (χ4v) is 2.31. The summed E-state index contributed by atoms with van der Waals surface area (Å²) in [6.07, 6.45) is -9.14. The Morgan fingerprint density at radius 2 is 1.37 bits per heavy atom. The summed E-state index contributed by atoms with van der Waals surface area (Å²) in [7, 11) is 0. The van der Waals surface area contributed by atoms with Gasteiger partial charge in [0.15, 0.2) is 0 Å². The molecular formula is C13H20F6. The van der Waals surface area contributed by atoms with E-state index in [4.69, 9.17) is 0 Å². The van der Waals surface area contributed by atoms with Crippen LogP contribution in [-0.2, 0) is 0 Å². The molecule has 0 radical (unpaired) electrons. The quantitative estimate of drug-likeness (QED) is 0.437. The molecular weight excluding hydrogens is 270 g/mol. The first kappa shape index (κ1) is 18.3. The fraction of sp³-hybridized carbons (Fsp3) is 0.846. The summed E-state index contributed by atoms with van der Waals surface area (Å²) >= 11 is 0. The van der Waals surface area contributed by atoms with E-state index in [2.05, 4.69) is 0 Å². The van der Waals surface area contributed by atoms with Crippen molar-refractivity contribution in [1.82, 2.24) is 0 Å². The molecule has 0 unspecified atom stereocenters. The molecule has 19 heavy (non-hydrogen) atoms. The van der Waals surface area contributed by atoms with Gasteiger partial charge in [-0.15, -0.1) is 0 Å². The summed E-state index contributed by atoms with van der Waals surface area (Å²) in [4.78, 5) is 0. The summed E-state index contributed by atoms with van der Waals surface area (Å²) in [5, 5.41) is 0. The Labute approximate surface area is 109 Å². The lowest BCUT2D eigenvalue weighted by Crippen LogP contribution is -2.41. The molecule has 0 aromatic rings. The molecule has 0 bridgehead atoms. The Bertz CT molecular complexity index is 308. The monoisotopic (exact) mass is 290 g/mol. The number of halogens is 6. The minimum atomic E-state index is -4.71. The number of rotatable bonds is 5. The number of hydrogen-bond acceptors (Lipinski definition) is 0. The summed E-state index contributed by atoms with van der Waals surface area (Å²) in [6.45, 7) is 5.19. The van der Waals surface area contributed by atoms with Crippen molar-refractivity contribution in [2.45, 2.75) is 59.3 Å². The average Bonchev–Trinajstić information content (AvgIpc) is 2.24. The first-order valence-corrected chi connectivity index (χ1v) is 6.29. The minimum Gasteiger partial charge on any atom is -0.170 e. The highest BCUT2D eigenvalue weighted by atomic mass is 19.4. The highest BCUT2D eigenvalue weighted by Gasteiger charge is 2.54. The first-order chi connectivity index (χ1) is 8.44. The van der Waals surface area contributed by atoms with Crippen LogP contribution >= 0.6 is 0 Å². The fourth-order valence-electron chi connectivity index (χ4n) is 2.31. The third kappa shape index (κ3) is 4.14. The lowest BCUT2D eigenvalue weighted by atomic mass is 9.72. The van der Waals surface area contributed by atoms with Gasteiger partial charge in [0.2, 0.25) is 0 Å². The molecule has 0 nitrogen and oxygen atoms in total. The second-order valence-corrected chi connectivity index (χ2v) is 4.81. The molecule has 6 heteroatoms. The van der Waals surface area contributed by atoms with Crippen molar-refractivity contribution in [3.63, 3.8) is 0 Å². The van der Waals surface area contributed by atoms with Gasteiger partial charge >= 0.3 is 12.4 Å². The van der Waals surface area contributed by atoms with Gasteiger partial charge in [0.1, 0.15) is 0 Å². The third-order valence-corrected chi connectivity index (χ3v) is 3.66. The van der Waals surface area contributed by atoms with Crippen molar-refractivity contribution in [2.75, 3.05) is 0 Å². The van der Waals surface area contributed by atoms with Crippen LogP contribution < -0.4 is 0 Å². The van der Waals surface area contributed by atoms with E-state index in [1.165, 1.54) is 6.92 Å². The van der Waals surface area contributed by atoms with Crippen molar-refractivity contribution in [2.24, 2.45) is 11.3 Å². The van der Waals surface area contributed by atoms with E-state index in [-0.39, 0.29) is 12.8 Å². The van der Waals surface area contributed by atoms with E-state index in [1.54, 1.807) is 13.8 Å². The molecule has 0 aliphatic carbocycles. The van der Waals surface area contributed by atoms with E-state index in [0.29, 0.717) is 6.08 Å². The van der Waals surface area contributed by atoms with E-state index in [0.717, 1.165) is 6.92 Å². The van der Waals surface area contributed by atoms with E-state index in [9.17, 15) is 26.3 Å². The van der Waals surface area contributed by atoms with Gasteiger partial charge in [0, 0.05) is 5.57 Å². The molecule has 0 N–H and O–H groups in total. The largest absolute Gasteiger partial charge is 0.412 e. The van der Waals surface area contributed by atoms with Crippen molar-refractivity contribution in [1.29, 1.82) is 0 Å². The predicted octanol–water partition coefficient (Wildman–Crippen LogP) is 5.89. The Kier molecular flexibility index (Phi) is 5.96. The van der Waals surface area contributed by atoms with Crippen molar-refractivity contribution >= 4 is 0 Å². The molecule has 114 valence electrons. The van der Waals surface area contributed by atoms with Crippen molar-refractivity contribution < 1.29 is 26.3 Å². The molecule has 0 heterocycles. The van der Waals surface area contributed by atoms with Crippen molar-refractivity contribution in [3.05, 3.63) is 11.6 Å². The Hall–Kier alpha value is -0.680. The van der Waals surface area contributed by atoms with Gasteiger partial charge in [-0.05, 0) is 19.3 Å². The van der Waals surface area contributed by atoms with Gasteiger partial charge < -0.3 is 0 Å². The van der Waals surface area contributed by atoms with Gasteiger partial charge in [-0.2, -0.15) is 26.3 Å². The maximum absolute atomic E-state index is 13.2. The molecule has 0 fully saturated rings. The molecule has 0 amide bonds. The van der Waals surface area contributed by atoms with Crippen LogP contribution in [0.1, 0.15) is 47.0 Å². The lowest BCUT2D eigenvalue weighted by Gasteiger charge is -2.37. The van der Waals surface area contributed by atoms with Gasteiger partial charge in [-0.3, -0.25) is 0 Å². The zero-order valence-corrected chi connectivity index (χ0v) is 11.5. The van der Waals surface area contributed by atoms with Crippen LogP contribution in [0.4, 0.5) is 26.3 Å². The highest BCUT2D eigenvalue weighted by molar-refractivity contribution is 5.16. The second kappa shape index (κ2) is 6.18. The number of alkyl halides is 6. The zero-order valence-electron chi connectivity index (χ0n) is 11.5. The molecule has 0 spiro atoms. The SMILES string of the molecule is CC/C(=C\[C@@](C)(C(CC)CC)C(F)(F)F)C(F)(F)F. The van der Waals surface area contributed by atoms with E-state index >= 15 is 0 Å². The average molecular weight is 290 g/mol. The number of hydrogen-bond donors (Lipinski definition) is 0. The molecule has 0 aromatic carbocycles. The Balaban J connectivity index is 5.83. The van der Waals surface area contributed by atoms with Crippen molar-refractivity contribution in [3.8, 4) is 0 Å². The van der Waals surface area contributed by atoms with Crippen LogP contribution in [0.5, 0.6) is 0 Å². The lowest BCUT2D eigenvalue weighted by molar-refractivity contribution is -0.219. The second-order valence-electron chi connectivity index (χ2n) is 4.81. The highest BCUT2D eigenvalue weighted by Crippen LogP contribution is 2.49. The van der Waals surface area contributed by atoms with Crippen LogP contribution in [0.25, 0.3) is 0 Å². The van der Waals surface area contributed by atoms with E-state index < -0.39 is 35.7 Å². The van der Waals surface area contributed by atoms with Crippen LogP contribution in [0.15, 0.2) is 11.6 Å². The first-order valence-electron chi connectivity index (χ1n) is 6.29. The molecule has 0 rings (SSSR count). The Morgan fingerprint density at radius 3 is 1.58 bits per heavy atom. The van der Waals surface area contributed by atoms with Gasteiger partial charge in [0.05, 0.1) is 5.41 Å². The summed E-state index contributed by atoms with van der Waals surface area (Å²) < 4.78 is 77.6. The summed E-state index contributed by atoms with van der Waals surface area (Å²) in [5.74, 6) is -0.864. The molecule has 0 saturated heterocycles. The van der Waals surface area contributed by atoms with Crippen LogP contribution in [0, 0.1) is 11.3 Å². The summed E-state index contributed by atoms with van der Waals surface area (Å²) in [6, 6.07) is 0. The van der Waals surface area contributed by atoms with Gasteiger partial charge in [0.25, 0.3) is 0 Å². The Morgan fingerprint density at radius 1 is 0.947 bits per heavy atom.